The molecule has 1 amide bonds. The molecule has 1 aliphatic heterocycles. The second-order valence-electron chi connectivity index (χ2n) is 11.8. The number of aliphatic hydroxyl groups excluding tert-OH is 1. The Morgan fingerprint density at radius 2 is 1.68 bits per heavy atom. The number of amides is 1. The van der Waals surface area contributed by atoms with Gasteiger partial charge in [-0.25, -0.2) is 4.79 Å². The van der Waals surface area contributed by atoms with E-state index >= 15 is 0 Å². The fourth-order valence-corrected chi connectivity index (χ4v) is 4.84. The Morgan fingerprint density at radius 1 is 1.00 bits per heavy atom. The van der Waals surface area contributed by atoms with Crippen molar-refractivity contribution in [3.8, 4) is 5.75 Å². The normalized spacial score (nSPS) is 16.8. The summed E-state index contributed by atoms with van der Waals surface area (Å²) in [5.41, 5.74) is 3.34. The van der Waals surface area contributed by atoms with E-state index in [-0.39, 0.29) is 22.7 Å². The lowest BCUT2D eigenvalue weighted by molar-refractivity contribution is -0.132. The number of hydrogen-bond acceptors (Lipinski definition) is 6. The summed E-state index contributed by atoms with van der Waals surface area (Å²) >= 11 is 0. The van der Waals surface area contributed by atoms with E-state index in [9.17, 15) is 19.5 Å². The Balaban J connectivity index is 1.88. The number of hydrogen-bond donors (Lipinski definition) is 1. The van der Waals surface area contributed by atoms with E-state index in [4.69, 9.17) is 9.47 Å². The molecule has 41 heavy (non-hydrogen) atoms. The number of esters is 1. The van der Waals surface area contributed by atoms with Gasteiger partial charge in [-0.05, 0) is 65.8 Å². The summed E-state index contributed by atoms with van der Waals surface area (Å²) in [6, 6.07) is 18.4. The maximum Gasteiger partial charge on any atom is 0.338 e. The van der Waals surface area contributed by atoms with E-state index in [0.717, 1.165) is 11.1 Å². The Morgan fingerprint density at radius 3 is 2.27 bits per heavy atom. The molecular formula is C34H37NO6. The lowest BCUT2D eigenvalue weighted by Gasteiger charge is -2.26. The number of ether oxygens (including phenoxy) is 2. The van der Waals surface area contributed by atoms with Gasteiger partial charge in [0.25, 0.3) is 11.7 Å². The predicted molar refractivity (Wildman–Crippen MR) is 159 cm³/mol. The van der Waals surface area contributed by atoms with Crippen molar-refractivity contribution in [2.24, 2.45) is 5.92 Å². The summed E-state index contributed by atoms with van der Waals surface area (Å²) in [5, 5.41) is 11.7. The lowest BCUT2D eigenvalue weighted by Crippen LogP contribution is -2.29. The number of methoxy groups -OCH3 is 1. The van der Waals surface area contributed by atoms with Gasteiger partial charge in [-0.1, -0.05) is 70.5 Å². The van der Waals surface area contributed by atoms with Gasteiger partial charge in [-0.15, -0.1) is 0 Å². The summed E-state index contributed by atoms with van der Waals surface area (Å²) in [7, 11) is 1.49. The SMILES string of the molecule is COc1ccc(C(C)(C)C)cc1/C(O)=C1\C(=O)C(=O)N(c2ccc(C(=O)OCC(C)C)cc2)C1c1cccc(C)c1. The van der Waals surface area contributed by atoms with Gasteiger partial charge in [0.05, 0.1) is 36.5 Å². The van der Waals surface area contributed by atoms with E-state index in [2.05, 4.69) is 0 Å². The van der Waals surface area contributed by atoms with Crippen LogP contribution in [0.15, 0.2) is 72.3 Å². The fraction of sp³-hybridized carbons (Fsp3) is 0.324. The molecule has 3 aromatic carbocycles. The zero-order valence-electron chi connectivity index (χ0n) is 24.6. The highest BCUT2D eigenvalue weighted by Crippen LogP contribution is 2.44. The van der Waals surface area contributed by atoms with Crippen LogP contribution < -0.4 is 9.64 Å². The van der Waals surface area contributed by atoms with Gasteiger partial charge in [0.2, 0.25) is 0 Å². The number of anilines is 1. The molecule has 0 radical (unpaired) electrons. The molecule has 0 aromatic heterocycles. The molecule has 0 bridgehead atoms. The molecule has 1 saturated heterocycles. The average Bonchev–Trinajstić information content (AvgIpc) is 3.20. The minimum Gasteiger partial charge on any atom is -0.507 e. The third kappa shape index (κ3) is 6.04. The molecule has 1 unspecified atom stereocenters. The lowest BCUT2D eigenvalue weighted by atomic mass is 9.85. The number of rotatable bonds is 7. The van der Waals surface area contributed by atoms with E-state index in [0.29, 0.717) is 34.7 Å². The van der Waals surface area contributed by atoms with Gasteiger partial charge in [0.1, 0.15) is 11.5 Å². The maximum absolute atomic E-state index is 13.7. The molecule has 214 valence electrons. The molecule has 0 aliphatic carbocycles. The van der Waals surface area contributed by atoms with E-state index < -0.39 is 23.7 Å². The number of carbonyl (C=O) groups excluding carboxylic acids is 3. The largest absolute Gasteiger partial charge is 0.507 e. The summed E-state index contributed by atoms with van der Waals surface area (Å²) in [4.78, 5) is 41.1. The van der Waals surface area contributed by atoms with Crippen molar-refractivity contribution >= 4 is 29.1 Å². The van der Waals surface area contributed by atoms with Gasteiger partial charge in [0, 0.05) is 5.69 Å². The molecule has 1 N–H and O–H groups in total. The number of aryl methyl sites for hydroxylation is 1. The van der Waals surface area contributed by atoms with Gasteiger partial charge in [0.15, 0.2) is 0 Å². The van der Waals surface area contributed by atoms with Crippen LogP contribution in [0.4, 0.5) is 5.69 Å². The van der Waals surface area contributed by atoms with Gasteiger partial charge in [-0.2, -0.15) is 0 Å². The van der Waals surface area contributed by atoms with Crippen LogP contribution in [0.25, 0.3) is 5.76 Å². The minimum atomic E-state index is -0.906. The van der Waals surface area contributed by atoms with Crippen LogP contribution in [0.2, 0.25) is 0 Å². The van der Waals surface area contributed by atoms with Crippen molar-refractivity contribution in [1.82, 2.24) is 0 Å². The zero-order chi connectivity index (χ0) is 30.1. The highest BCUT2D eigenvalue weighted by Gasteiger charge is 2.47. The fourth-order valence-electron chi connectivity index (χ4n) is 4.84. The maximum atomic E-state index is 13.7. The molecule has 0 spiro atoms. The number of nitrogens with zero attached hydrogens (tertiary/aromatic N) is 1. The van der Waals surface area contributed by atoms with Crippen LogP contribution in [0, 0.1) is 12.8 Å². The summed E-state index contributed by atoms with van der Waals surface area (Å²) in [6.45, 7) is 12.3. The highest BCUT2D eigenvalue weighted by atomic mass is 16.5. The third-order valence-corrected chi connectivity index (χ3v) is 7.05. The van der Waals surface area contributed by atoms with Crippen molar-refractivity contribution in [3.63, 3.8) is 0 Å². The van der Waals surface area contributed by atoms with Gasteiger partial charge in [-0.3, -0.25) is 14.5 Å². The smallest absolute Gasteiger partial charge is 0.338 e. The van der Waals surface area contributed by atoms with Crippen molar-refractivity contribution in [2.45, 2.75) is 53.0 Å². The first-order chi connectivity index (χ1) is 19.3. The molecule has 1 heterocycles. The van der Waals surface area contributed by atoms with E-state index in [1.165, 1.54) is 12.0 Å². The molecule has 1 fully saturated rings. The average molecular weight is 556 g/mol. The van der Waals surface area contributed by atoms with Crippen molar-refractivity contribution in [3.05, 3.63) is 100 Å². The van der Waals surface area contributed by atoms with Crippen LogP contribution in [0.1, 0.15) is 73.3 Å². The number of benzene rings is 3. The van der Waals surface area contributed by atoms with E-state index in [1.807, 2.05) is 71.9 Å². The van der Waals surface area contributed by atoms with Crippen molar-refractivity contribution in [1.29, 1.82) is 0 Å². The molecule has 7 heteroatoms. The van der Waals surface area contributed by atoms with Gasteiger partial charge >= 0.3 is 5.97 Å². The monoisotopic (exact) mass is 555 g/mol. The molecule has 4 rings (SSSR count). The summed E-state index contributed by atoms with van der Waals surface area (Å²) in [6.07, 6.45) is 0. The Hall–Kier alpha value is -4.39. The van der Waals surface area contributed by atoms with Crippen LogP contribution in [-0.2, 0) is 19.7 Å². The Labute approximate surface area is 241 Å². The van der Waals surface area contributed by atoms with Crippen LogP contribution in [-0.4, -0.2) is 36.5 Å². The van der Waals surface area contributed by atoms with Crippen LogP contribution in [0.5, 0.6) is 5.75 Å². The van der Waals surface area contributed by atoms with Crippen LogP contribution >= 0.6 is 0 Å². The highest BCUT2D eigenvalue weighted by molar-refractivity contribution is 6.51. The summed E-state index contributed by atoms with van der Waals surface area (Å²) < 4.78 is 10.9. The van der Waals surface area contributed by atoms with Crippen LogP contribution in [0.3, 0.4) is 0 Å². The number of ketones is 1. The number of Topliss-reactive ketones (excluding diaryl/α,β-unsaturated/α-hetero) is 1. The summed E-state index contributed by atoms with van der Waals surface area (Å²) in [5.74, 6) is -1.78. The first-order valence-electron chi connectivity index (χ1n) is 13.7. The van der Waals surface area contributed by atoms with Gasteiger partial charge < -0.3 is 14.6 Å². The number of aliphatic hydroxyl groups is 1. The van der Waals surface area contributed by atoms with Crippen molar-refractivity contribution < 1.29 is 29.0 Å². The van der Waals surface area contributed by atoms with Crippen molar-refractivity contribution in [2.75, 3.05) is 18.6 Å². The molecule has 1 aliphatic rings. The minimum absolute atomic E-state index is 0.0367. The predicted octanol–water partition coefficient (Wildman–Crippen LogP) is 6.74. The first kappa shape index (κ1) is 29.6. The molecule has 7 nitrogen and oxygen atoms in total. The molecule has 1 atom stereocenters. The standard InChI is InChI=1S/C34H37NO6/c1-20(2)19-41-33(39)22-11-14-25(15-12-22)35-29(23-10-8-9-21(3)17-23)28(31(37)32(35)38)30(36)26-18-24(34(4,5)6)13-16-27(26)40-7/h8-18,20,29,36H,19H2,1-7H3/b30-28+. The van der Waals surface area contributed by atoms with E-state index in [1.54, 1.807) is 36.4 Å². The Bertz CT molecular complexity index is 1510. The zero-order valence-corrected chi connectivity index (χ0v) is 24.6. The quantitative estimate of drug-likeness (QED) is 0.150. The number of carbonyl (C=O) groups is 3. The third-order valence-electron chi connectivity index (χ3n) is 7.05. The molecule has 3 aromatic rings. The topological polar surface area (TPSA) is 93.1 Å². The Kier molecular flexibility index (Phi) is 8.38. The second-order valence-corrected chi connectivity index (χ2v) is 11.8. The second kappa shape index (κ2) is 11.6. The first-order valence-corrected chi connectivity index (χ1v) is 13.7. The molecule has 0 saturated carbocycles. The molecular weight excluding hydrogens is 518 g/mol.